The Labute approximate surface area is 123 Å². The van der Waals surface area contributed by atoms with Crippen molar-refractivity contribution in [3.63, 3.8) is 0 Å². The first-order valence-electron chi connectivity index (χ1n) is 7.15. The van der Waals surface area contributed by atoms with E-state index in [0.717, 1.165) is 31.8 Å². The van der Waals surface area contributed by atoms with Crippen LogP contribution in [-0.2, 0) is 13.0 Å². The van der Waals surface area contributed by atoms with Crippen LogP contribution in [0.15, 0.2) is 36.8 Å². The second-order valence-corrected chi connectivity index (χ2v) is 5.43. The summed E-state index contributed by atoms with van der Waals surface area (Å²) in [6.07, 6.45) is 7.56. The lowest BCUT2D eigenvalue weighted by atomic mass is 9.99. The van der Waals surface area contributed by atoms with E-state index in [-0.39, 0.29) is 6.03 Å². The van der Waals surface area contributed by atoms with E-state index in [0.29, 0.717) is 11.7 Å². The number of fused-ring (bicyclic) bond motifs is 1. The third kappa shape index (κ3) is 3.21. The molecule has 2 amide bonds. The van der Waals surface area contributed by atoms with Crippen molar-refractivity contribution < 1.29 is 4.79 Å². The first-order valence-corrected chi connectivity index (χ1v) is 7.15. The fourth-order valence-corrected chi connectivity index (χ4v) is 2.70. The molecule has 21 heavy (non-hydrogen) atoms. The number of nitrogens with zero attached hydrogens (tertiary/aromatic N) is 4. The molecule has 110 valence electrons. The molecule has 0 aromatic carbocycles. The summed E-state index contributed by atoms with van der Waals surface area (Å²) in [6, 6.07) is 5.34. The number of carbonyl (C=O) groups is 1. The van der Waals surface area contributed by atoms with Crippen LogP contribution in [0.1, 0.15) is 12.2 Å². The van der Waals surface area contributed by atoms with Gasteiger partial charge in [0.05, 0.1) is 0 Å². The van der Waals surface area contributed by atoms with Gasteiger partial charge in [0.1, 0.15) is 11.6 Å². The lowest BCUT2D eigenvalue weighted by Gasteiger charge is -2.28. The highest BCUT2D eigenvalue weighted by molar-refractivity contribution is 5.88. The van der Waals surface area contributed by atoms with E-state index in [1.54, 1.807) is 17.2 Å². The number of carbonyl (C=O) groups excluding carboxylic acids is 1. The van der Waals surface area contributed by atoms with Gasteiger partial charge in [-0.2, -0.15) is 0 Å². The largest absolute Gasteiger partial charge is 0.335 e. The van der Waals surface area contributed by atoms with E-state index < -0.39 is 0 Å². The van der Waals surface area contributed by atoms with Crippen molar-refractivity contribution in [1.29, 1.82) is 0 Å². The van der Waals surface area contributed by atoms with Crippen LogP contribution in [0.3, 0.4) is 0 Å². The van der Waals surface area contributed by atoms with E-state index in [1.807, 2.05) is 31.6 Å². The van der Waals surface area contributed by atoms with Crippen LogP contribution in [0.2, 0.25) is 0 Å². The number of rotatable bonds is 3. The molecule has 0 unspecified atom stereocenters. The molecule has 6 nitrogen and oxygen atoms in total. The molecule has 0 fully saturated rings. The third-order valence-corrected chi connectivity index (χ3v) is 3.81. The first-order chi connectivity index (χ1) is 10.2. The molecule has 2 aromatic rings. The Balaban J connectivity index is 1.54. The van der Waals surface area contributed by atoms with Crippen LogP contribution in [0.4, 0.5) is 10.6 Å². The van der Waals surface area contributed by atoms with Crippen molar-refractivity contribution in [3.8, 4) is 0 Å². The second-order valence-electron chi connectivity index (χ2n) is 5.43. The van der Waals surface area contributed by atoms with Crippen LogP contribution >= 0.6 is 0 Å². The minimum atomic E-state index is -0.120. The monoisotopic (exact) mass is 285 g/mol. The van der Waals surface area contributed by atoms with Crippen LogP contribution in [0.25, 0.3) is 0 Å². The van der Waals surface area contributed by atoms with Gasteiger partial charge < -0.3 is 9.47 Å². The number of hydrogen-bond acceptors (Lipinski definition) is 3. The standard InChI is InChI=1S/C15H19N5O/c1-19(15(21)18-13-4-2-3-7-16-13)10-12-5-6-14-17-8-9-20(14)11-12/h2-4,7-9,12H,5-6,10-11H2,1H3,(H,16,18,21)/t12-/m0/s1. The van der Waals surface area contributed by atoms with Crippen LogP contribution in [0.5, 0.6) is 0 Å². The zero-order valence-corrected chi connectivity index (χ0v) is 12.1. The number of anilines is 1. The summed E-state index contributed by atoms with van der Waals surface area (Å²) in [5, 5.41) is 2.80. The van der Waals surface area contributed by atoms with Crippen LogP contribution in [0, 0.1) is 5.92 Å². The number of amides is 2. The molecule has 1 aliphatic rings. The Morgan fingerprint density at radius 2 is 2.33 bits per heavy atom. The van der Waals surface area contributed by atoms with Crippen LogP contribution in [-0.4, -0.2) is 39.1 Å². The Kier molecular flexibility index (Phi) is 3.85. The van der Waals surface area contributed by atoms with Crippen molar-refractivity contribution >= 4 is 11.8 Å². The molecule has 0 spiro atoms. The molecule has 1 aliphatic heterocycles. The van der Waals surface area contributed by atoms with Gasteiger partial charge >= 0.3 is 6.03 Å². The zero-order chi connectivity index (χ0) is 14.7. The molecule has 3 rings (SSSR count). The van der Waals surface area contributed by atoms with Crippen molar-refractivity contribution in [2.75, 3.05) is 18.9 Å². The molecule has 2 aromatic heterocycles. The number of aryl methyl sites for hydroxylation is 1. The predicted molar refractivity (Wildman–Crippen MR) is 79.9 cm³/mol. The van der Waals surface area contributed by atoms with Gasteiger partial charge in [0, 0.05) is 45.1 Å². The van der Waals surface area contributed by atoms with Gasteiger partial charge in [-0.1, -0.05) is 6.07 Å². The van der Waals surface area contributed by atoms with Gasteiger partial charge in [-0.3, -0.25) is 5.32 Å². The molecule has 1 N–H and O–H groups in total. The maximum absolute atomic E-state index is 12.1. The zero-order valence-electron chi connectivity index (χ0n) is 12.1. The van der Waals surface area contributed by atoms with E-state index >= 15 is 0 Å². The topological polar surface area (TPSA) is 63.1 Å². The summed E-state index contributed by atoms with van der Waals surface area (Å²) < 4.78 is 2.18. The maximum atomic E-state index is 12.1. The number of hydrogen-bond donors (Lipinski definition) is 1. The summed E-state index contributed by atoms with van der Waals surface area (Å²) in [7, 11) is 1.82. The SMILES string of the molecule is CN(C[C@@H]1CCc2nccn2C1)C(=O)Nc1ccccn1. The Morgan fingerprint density at radius 3 is 3.14 bits per heavy atom. The van der Waals surface area contributed by atoms with E-state index in [4.69, 9.17) is 0 Å². The maximum Gasteiger partial charge on any atom is 0.322 e. The highest BCUT2D eigenvalue weighted by Crippen LogP contribution is 2.19. The van der Waals surface area contributed by atoms with E-state index in [2.05, 4.69) is 19.9 Å². The fraction of sp³-hybridized carbons (Fsp3) is 0.400. The number of aromatic nitrogens is 3. The Morgan fingerprint density at radius 1 is 1.43 bits per heavy atom. The summed E-state index contributed by atoms with van der Waals surface area (Å²) in [5.74, 6) is 2.19. The predicted octanol–water partition coefficient (Wildman–Crippen LogP) is 2.00. The minimum Gasteiger partial charge on any atom is -0.335 e. The number of pyridine rings is 1. The van der Waals surface area contributed by atoms with E-state index in [1.165, 1.54) is 0 Å². The molecule has 0 radical (unpaired) electrons. The van der Waals surface area contributed by atoms with Gasteiger partial charge in [0.25, 0.3) is 0 Å². The van der Waals surface area contributed by atoms with Crippen molar-refractivity contribution in [2.45, 2.75) is 19.4 Å². The smallest absolute Gasteiger partial charge is 0.322 e. The first kappa shape index (κ1) is 13.6. The second kappa shape index (κ2) is 5.95. The highest BCUT2D eigenvalue weighted by atomic mass is 16.2. The molecular weight excluding hydrogens is 266 g/mol. The molecule has 0 saturated carbocycles. The van der Waals surface area contributed by atoms with Gasteiger partial charge in [-0.15, -0.1) is 0 Å². The Hall–Kier alpha value is -2.37. The molecule has 0 saturated heterocycles. The van der Waals surface area contributed by atoms with E-state index in [9.17, 15) is 4.79 Å². The average molecular weight is 285 g/mol. The number of nitrogens with one attached hydrogen (secondary N) is 1. The van der Waals surface area contributed by atoms with Gasteiger partial charge in [-0.25, -0.2) is 14.8 Å². The van der Waals surface area contributed by atoms with Crippen molar-refractivity contribution in [2.24, 2.45) is 5.92 Å². The fourth-order valence-electron chi connectivity index (χ4n) is 2.70. The number of imidazole rings is 1. The minimum absolute atomic E-state index is 0.120. The van der Waals surface area contributed by atoms with Gasteiger partial charge in [0.2, 0.25) is 0 Å². The normalized spacial score (nSPS) is 17.1. The molecule has 0 bridgehead atoms. The molecule has 0 aliphatic carbocycles. The molecular formula is C15H19N5O. The lowest BCUT2D eigenvalue weighted by Crippen LogP contribution is -2.38. The quantitative estimate of drug-likeness (QED) is 0.938. The summed E-state index contributed by atoms with van der Waals surface area (Å²) >= 11 is 0. The summed E-state index contributed by atoms with van der Waals surface area (Å²) in [6.45, 7) is 1.66. The highest BCUT2D eigenvalue weighted by Gasteiger charge is 2.21. The number of urea groups is 1. The Bertz CT molecular complexity index is 610. The van der Waals surface area contributed by atoms with Gasteiger partial charge in [-0.05, 0) is 24.5 Å². The van der Waals surface area contributed by atoms with Gasteiger partial charge in [0.15, 0.2) is 0 Å². The molecule has 1 atom stereocenters. The average Bonchev–Trinajstić information content (AvgIpc) is 2.95. The summed E-state index contributed by atoms with van der Waals surface area (Å²) in [5.41, 5.74) is 0. The molecule has 3 heterocycles. The van der Waals surface area contributed by atoms with Crippen molar-refractivity contribution in [1.82, 2.24) is 19.4 Å². The summed E-state index contributed by atoms with van der Waals surface area (Å²) in [4.78, 5) is 22.3. The molecule has 6 heteroatoms. The van der Waals surface area contributed by atoms with Crippen LogP contribution < -0.4 is 5.32 Å². The van der Waals surface area contributed by atoms with Crippen molar-refractivity contribution in [3.05, 3.63) is 42.6 Å². The lowest BCUT2D eigenvalue weighted by molar-refractivity contribution is 0.205. The third-order valence-electron chi connectivity index (χ3n) is 3.81.